The molecule has 2 aliphatic rings. The van der Waals surface area contributed by atoms with E-state index in [1.54, 1.807) is 30.3 Å². The van der Waals surface area contributed by atoms with Gasteiger partial charge in [-0.05, 0) is 24.3 Å². The van der Waals surface area contributed by atoms with E-state index in [0.717, 1.165) is 4.90 Å². The summed E-state index contributed by atoms with van der Waals surface area (Å²) in [6.07, 6.45) is -5.27. The van der Waals surface area contributed by atoms with Crippen molar-refractivity contribution in [2.24, 2.45) is 0 Å². The van der Waals surface area contributed by atoms with E-state index in [4.69, 9.17) is 14.2 Å². The zero-order valence-corrected chi connectivity index (χ0v) is 16.6. The Morgan fingerprint density at radius 1 is 1.03 bits per heavy atom. The van der Waals surface area contributed by atoms with Gasteiger partial charge in [-0.3, -0.25) is 14.5 Å². The molecule has 1 fully saturated rings. The topological polar surface area (TPSA) is 123 Å². The molecule has 2 aromatic rings. The van der Waals surface area contributed by atoms with Crippen molar-refractivity contribution >= 4 is 17.8 Å². The van der Waals surface area contributed by atoms with Gasteiger partial charge in [0, 0.05) is 7.11 Å². The van der Waals surface area contributed by atoms with Crippen LogP contribution in [0.4, 0.5) is 0 Å². The number of hydrogen-bond acceptors (Lipinski definition) is 8. The summed E-state index contributed by atoms with van der Waals surface area (Å²) in [6, 6.07) is 13.1. The van der Waals surface area contributed by atoms with Gasteiger partial charge in [0.1, 0.15) is 18.2 Å². The van der Waals surface area contributed by atoms with Crippen LogP contribution in [0, 0.1) is 0 Å². The second-order valence-corrected chi connectivity index (χ2v) is 7.20. The van der Waals surface area contributed by atoms with Gasteiger partial charge in [0.2, 0.25) is 0 Å². The molecule has 2 amide bonds. The minimum absolute atomic E-state index is 0.191. The highest BCUT2D eigenvalue weighted by molar-refractivity contribution is 6.21. The van der Waals surface area contributed by atoms with E-state index in [9.17, 15) is 24.6 Å². The highest BCUT2D eigenvalue weighted by Gasteiger charge is 2.54. The zero-order chi connectivity index (χ0) is 22.1. The predicted octanol–water partition coefficient (Wildman–Crippen LogP) is 0.601. The number of imide groups is 1. The van der Waals surface area contributed by atoms with Crippen molar-refractivity contribution in [3.05, 3.63) is 71.3 Å². The minimum Gasteiger partial charge on any atom is -0.453 e. The van der Waals surface area contributed by atoms with Gasteiger partial charge in [-0.2, -0.15) is 0 Å². The largest absolute Gasteiger partial charge is 0.453 e. The van der Waals surface area contributed by atoms with Crippen LogP contribution in [-0.4, -0.2) is 77.3 Å². The lowest BCUT2D eigenvalue weighted by molar-refractivity contribution is -0.271. The minimum atomic E-state index is -1.56. The van der Waals surface area contributed by atoms with Crippen LogP contribution in [0.3, 0.4) is 0 Å². The molecule has 1 saturated heterocycles. The van der Waals surface area contributed by atoms with Gasteiger partial charge >= 0.3 is 5.97 Å². The summed E-state index contributed by atoms with van der Waals surface area (Å²) in [4.78, 5) is 39.3. The van der Waals surface area contributed by atoms with E-state index in [2.05, 4.69) is 0 Å². The number of aliphatic hydroxyl groups excluding tert-OH is 2. The second kappa shape index (κ2) is 8.56. The second-order valence-electron chi connectivity index (χ2n) is 7.20. The Morgan fingerprint density at radius 3 is 2.16 bits per heavy atom. The molecule has 0 radical (unpaired) electrons. The Kier molecular flexibility index (Phi) is 5.84. The van der Waals surface area contributed by atoms with Crippen LogP contribution in [0.2, 0.25) is 0 Å². The number of hydrogen-bond donors (Lipinski definition) is 2. The molecule has 9 heteroatoms. The van der Waals surface area contributed by atoms with Crippen LogP contribution in [0.5, 0.6) is 0 Å². The third-order valence-electron chi connectivity index (χ3n) is 5.43. The van der Waals surface area contributed by atoms with E-state index >= 15 is 0 Å². The number of esters is 1. The smallest absolute Gasteiger partial charge is 0.338 e. The van der Waals surface area contributed by atoms with E-state index in [0.29, 0.717) is 0 Å². The summed E-state index contributed by atoms with van der Waals surface area (Å²) in [7, 11) is 1.29. The Morgan fingerprint density at radius 2 is 1.61 bits per heavy atom. The summed E-state index contributed by atoms with van der Waals surface area (Å²) in [6.45, 7) is -0.585. The SMILES string of the molecule is CO[C@@H]1O[C@H](CO)[C@@H](OC(=O)c2ccccc2)[C@H](O)[C@H]1N1C(=O)c2ccccc2C1=O. The summed E-state index contributed by atoms with van der Waals surface area (Å²) in [5, 5.41) is 20.9. The van der Waals surface area contributed by atoms with Crippen LogP contribution in [-0.2, 0) is 14.2 Å². The first-order chi connectivity index (χ1) is 15.0. The van der Waals surface area contributed by atoms with Crippen LogP contribution < -0.4 is 0 Å². The molecule has 0 aromatic heterocycles. The molecule has 9 nitrogen and oxygen atoms in total. The summed E-state index contributed by atoms with van der Waals surface area (Å²) in [5.74, 6) is -1.99. The van der Waals surface area contributed by atoms with E-state index in [1.807, 2.05) is 0 Å². The van der Waals surface area contributed by atoms with Crippen molar-refractivity contribution < 1.29 is 38.8 Å². The molecule has 0 spiro atoms. The Bertz CT molecular complexity index is 959. The summed E-state index contributed by atoms with van der Waals surface area (Å²) >= 11 is 0. The zero-order valence-electron chi connectivity index (χ0n) is 16.6. The standard InChI is InChI=1S/C22H21NO8/c1-29-22-16(23-19(26)13-9-5-6-10-14(13)20(23)27)17(25)18(15(11-24)30-22)31-21(28)12-7-3-2-4-8-12/h2-10,15-18,22,24-25H,11H2,1H3/t15-,16-,17-,18-,22-/m1/s1. The van der Waals surface area contributed by atoms with Crippen molar-refractivity contribution in [2.45, 2.75) is 30.6 Å². The molecule has 2 aliphatic heterocycles. The highest BCUT2D eigenvalue weighted by atomic mass is 16.7. The van der Waals surface area contributed by atoms with E-state index in [-0.39, 0.29) is 16.7 Å². The molecule has 0 unspecified atom stereocenters. The van der Waals surface area contributed by atoms with Crippen LogP contribution in [0.15, 0.2) is 54.6 Å². The van der Waals surface area contributed by atoms with E-state index in [1.165, 1.54) is 31.4 Å². The number of nitrogens with zero attached hydrogens (tertiary/aromatic N) is 1. The lowest BCUT2D eigenvalue weighted by Gasteiger charge is -2.45. The number of carbonyl (C=O) groups is 3. The van der Waals surface area contributed by atoms with Gasteiger partial charge in [0.05, 0.1) is 23.3 Å². The summed E-state index contributed by atoms with van der Waals surface area (Å²) < 4.78 is 16.4. The number of fused-ring (bicyclic) bond motifs is 1. The number of aliphatic hydroxyl groups is 2. The molecule has 31 heavy (non-hydrogen) atoms. The van der Waals surface area contributed by atoms with Gasteiger partial charge in [-0.1, -0.05) is 30.3 Å². The molecule has 5 atom stereocenters. The van der Waals surface area contributed by atoms with Crippen molar-refractivity contribution in [2.75, 3.05) is 13.7 Å². The van der Waals surface area contributed by atoms with Gasteiger partial charge in [0.25, 0.3) is 11.8 Å². The number of amides is 2. The van der Waals surface area contributed by atoms with Crippen molar-refractivity contribution in [3.63, 3.8) is 0 Å². The van der Waals surface area contributed by atoms with Crippen molar-refractivity contribution in [1.82, 2.24) is 4.90 Å². The third kappa shape index (κ3) is 3.61. The molecule has 4 rings (SSSR count). The Balaban J connectivity index is 1.65. The number of benzene rings is 2. The third-order valence-corrected chi connectivity index (χ3v) is 5.43. The van der Waals surface area contributed by atoms with Gasteiger partial charge in [-0.25, -0.2) is 4.79 Å². The molecule has 162 valence electrons. The average Bonchev–Trinajstić information content (AvgIpc) is 3.05. The van der Waals surface area contributed by atoms with Crippen LogP contribution in [0.1, 0.15) is 31.1 Å². The lowest BCUT2D eigenvalue weighted by atomic mass is 9.95. The first kappa shape index (κ1) is 21.1. The molecule has 2 N–H and O–H groups in total. The molecule has 0 aliphatic carbocycles. The van der Waals surface area contributed by atoms with Gasteiger partial charge in [0.15, 0.2) is 12.4 Å². The van der Waals surface area contributed by atoms with Gasteiger partial charge < -0.3 is 24.4 Å². The number of ether oxygens (including phenoxy) is 3. The van der Waals surface area contributed by atoms with Crippen LogP contribution >= 0.6 is 0 Å². The molecule has 0 saturated carbocycles. The van der Waals surface area contributed by atoms with Gasteiger partial charge in [-0.15, -0.1) is 0 Å². The van der Waals surface area contributed by atoms with Crippen molar-refractivity contribution in [3.8, 4) is 0 Å². The maximum Gasteiger partial charge on any atom is 0.338 e. The first-order valence-corrected chi connectivity index (χ1v) is 9.68. The molecule has 2 heterocycles. The fourth-order valence-corrected chi connectivity index (χ4v) is 3.91. The normalized spacial score (nSPS) is 27.8. The summed E-state index contributed by atoms with van der Waals surface area (Å²) in [5.41, 5.74) is 0.617. The maximum atomic E-state index is 12.9. The quantitative estimate of drug-likeness (QED) is 0.526. The molecule has 2 aromatic carbocycles. The number of carbonyl (C=O) groups excluding carboxylic acids is 3. The monoisotopic (exact) mass is 427 g/mol. The highest BCUT2D eigenvalue weighted by Crippen LogP contribution is 2.33. The molecular weight excluding hydrogens is 406 g/mol. The maximum absolute atomic E-state index is 12.9. The Hall–Kier alpha value is -3.11. The lowest BCUT2D eigenvalue weighted by Crippen LogP contribution is -2.66. The molecule has 0 bridgehead atoms. The Labute approximate surface area is 177 Å². The fourth-order valence-electron chi connectivity index (χ4n) is 3.91. The first-order valence-electron chi connectivity index (χ1n) is 9.68. The number of rotatable bonds is 5. The average molecular weight is 427 g/mol. The number of methoxy groups -OCH3 is 1. The molecular formula is C22H21NO8. The predicted molar refractivity (Wildman–Crippen MR) is 105 cm³/mol. The fraction of sp³-hybridized carbons (Fsp3) is 0.318. The van der Waals surface area contributed by atoms with Crippen LogP contribution in [0.25, 0.3) is 0 Å². The van der Waals surface area contributed by atoms with Crippen molar-refractivity contribution in [1.29, 1.82) is 0 Å². The van der Waals surface area contributed by atoms with E-state index < -0.39 is 55.0 Å².